The van der Waals surface area contributed by atoms with Crippen LogP contribution in [0, 0.1) is 0 Å². The van der Waals surface area contributed by atoms with E-state index in [1.165, 1.54) is 17.4 Å². The Morgan fingerprint density at radius 2 is 1.92 bits per heavy atom. The number of thiophene rings is 2. The summed E-state index contributed by atoms with van der Waals surface area (Å²) in [6.07, 6.45) is 3.42. The number of sulfonamides is 1. The van der Waals surface area contributed by atoms with Crippen LogP contribution in [0.25, 0.3) is 0 Å². The first kappa shape index (κ1) is 18.5. The Balaban J connectivity index is 1.67. The number of nitrogens with two attached hydrogens (primary N) is 1. The van der Waals surface area contributed by atoms with Gasteiger partial charge < -0.3 is 11.1 Å². The summed E-state index contributed by atoms with van der Waals surface area (Å²) in [6, 6.07) is 5.47. The van der Waals surface area contributed by atoms with E-state index >= 15 is 0 Å². The van der Waals surface area contributed by atoms with Gasteiger partial charge in [0.05, 0.1) is 0 Å². The molecule has 9 heteroatoms. The lowest BCUT2D eigenvalue weighted by atomic mass is 9.92. The monoisotopic (exact) mass is 399 g/mol. The average molecular weight is 400 g/mol. The molecule has 1 fully saturated rings. The van der Waals surface area contributed by atoms with Crippen molar-refractivity contribution in [2.75, 3.05) is 0 Å². The molecule has 4 N–H and O–H groups in total. The highest BCUT2D eigenvalue weighted by Crippen LogP contribution is 2.24. The summed E-state index contributed by atoms with van der Waals surface area (Å²) in [5.74, 6) is -0.327. The highest BCUT2D eigenvalue weighted by Gasteiger charge is 2.26. The van der Waals surface area contributed by atoms with Crippen molar-refractivity contribution in [2.45, 2.75) is 49.2 Å². The minimum absolute atomic E-state index is 0.0408. The Kier molecular flexibility index (Phi) is 5.90. The molecule has 1 aliphatic carbocycles. The number of carbonyl (C=O) groups excluding carboxylic acids is 1. The van der Waals surface area contributed by atoms with E-state index in [9.17, 15) is 13.2 Å². The van der Waals surface area contributed by atoms with Gasteiger partial charge in [-0.25, -0.2) is 13.1 Å². The maximum Gasteiger partial charge on any atom is 0.262 e. The van der Waals surface area contributed by atoms with E-state index in [4.69, 9.17) is 5.73 Å². The van der Waals surface area contributed by atoms with Gasteiger partial charge in [-0.1, -0.05) is 6.07 Å². The van der Waals surface area contributed by atoms with E-state index < -0.39 is 10.0 Å². The Morgan fingerprint density at radius 1 is 1.16 bits per heavy atom. The SMILES string of the molecule is NC1CCC(NC(=O)c2sccc2S(=O)(=O)NCc2cccs2)CC1. The molecular weight excluding hydrogens is 378 g/mol. The minimum Gasteiger partial charge on any atom is -0.349 e. The molecule has 1 saturated carbocycles. The van der Waals surface area contributed by atoms with Crippen LogP contribution in [0.15, 0.2) is 33.9 Å². The van der Waals surface area contributed by atoms with E-state index in [2.05, 4.69) is 10.0 Å². The van der Waals surface area contributed by atoms with E-state index in [1.807, 2.05) is 17.5 Å². The molecule has 0 atom stereocenters. The average Bonchev–Trinajstić information content (AvgIpc) is 3.27. The molecule has 0 spiro atoms. The summed E-state index contributed by atoms with van der Waals surface area (Å²) in [6.45, 7) is 0.220. The van der Waals surface area contributed by atoms with Crippen LogP contribution in [-0.4, -0.2) is 26.4 Å². The standard InChI is InChI=1S/C16H21N3O3S3/c17-11-3-5-12(6-4-11)19-16(20)15-14(7-9-24-15)25(21,22)18-10-13-2-1-8-23-13/h1-2,7-9,11-12,18H,3-6,10,17H2,(H,19,20). The predicted octanol–water partition coefficient (Wildman–Crippen LogP) is 2.29. The summed E-state index contributed by atoms with van der Waals surface area (Å²) in [5, 5.41) is 6.47. The zero-order valence-electron chi connectivity index (χ0n) is 13.6. The van der Waals surface area contributed by atoms with Crippen LogP contribution in [-0.2, 0) is 16.6 Å². The minimum atomic E-state index is -3.73. The Morgan fingerprint density at radius 3 is 2.60 bits per heavy atom. The van der Waals surface area contributed by atoms with Crippen molar-refractivity contribution in [1.82, 2.24) is 10.0 Å². The van der Waals surface area contributed by atoms with Crippen molar-refractivity contribution >= 4 is 38.6 Å². The number of amides is 1. The van der Waals surface area contributed by atoms with Crippen LogP contribution >= 0.6 is 22.7 Å². The number of hydrogen-bond donors (Lipinski definition) is 3. The molecule has 0 bridgehead atoms. The molecule has 136 valence electrons. The molecule has 6 nitrogen and oxygen atoms in total. The molecule has 2 aromatic heterocycles. The number of rotatable bonds is 6. The maximum atomic E-state index is 12.6. The lowest BCUT2D eigenvalue weighted by molar-refractivity contribution is 0.0927. The zero-order valence-corrected chi connectivity index (χ0v) is 16.1. The molecular formula is C16H21N3O3S3. The summed E-state index contributed by atoms with van der Waals surface area (Å²) in [4.78, 5) is 13.7. The van der Waals surface area contributed by atoms with Gasteiger partial charge >= 0.3 is 0 Å². The summed E-state index contributed by atoms with van der Waals surface area (Å²) < 4.78 is 27.7. The topological polar surface area (TPSA) is 101 Å². The number of hydrogen-bond acceptors (Lipinski definition) is 6. The smallest absolute Gasteiger partial charge is 0.262 e. The number of carbonyl (C=O) groups is 1. The lowest BCUT2D eigenvalue weighted by Gasteiger charge is -2.26. The van der Waals surface area contributed by atoms with E-state index in [1.54, 1.807) is 5.38 Å². The van der Waals surface area contributed by atoms with Crippen molar-refractivity contribution in [2.24, 2.45) is 5.73 Å². The van der Waals surface area contributed by atoms with Gasteiger partial charge in [0.2, 0.25) is 10.0 Å². The third-order valence-electron chi connectivity index (χ3n) is 4.25. The van der Waals surface area contributed by atoms with Gasteiger partial charge in [-0.3, -0.25) is 4.79 Å². The van der Waals surface area contributed by atoms with Crippen LogP contribution in [0.1, 0.15) is 40.2 Å². The number of nitrogens with one attached hydrogen (secondary N) is 2. The quantitative estimate of drug-likeness (QED) is 0.694. The zero-order chi connectivity index (χ0) is 17.9. The first-order chi connectivity index (χ1) is 12.0. The molecule has 0 unspecified atom stereocenters. The summed E-state index contributed by atoms with van der Waals surface area (Å²) >= 11 is 2.62. The molecule has 1 aliphatic rings. The van der Waals surface area contributed by atoms with E-state index in [0.29, 0.717) is 0 Å². The van der Waals surface area contributed by atoms with Crippen LogP contribution in [0.3, 0.4) is 0 Å². The van der Waals surface area contributed by atoms with Crippen molar-refractivity contribution in [1.29, 1.82) is 0 Å². The molecule has 2 heterocycles. The molecule has 25 heavy (non-hydrogen) atoms. The lowest BCUT2D eigenvalue weighted by Crippen LogP contribution is -2.40. The van der Waals surface area contributed by atoms with Gasteiger partial charge in [-0.05, 0) is 48.6 Å². The van der Waals surface area contributed by atoms with Gasteiger partial charge in [0.25, 0.3) is 5.91 Å². The fraction of sp³-hybridized carbons (Fsp3) is 0.438. The highest BCUT2D eigenvalue weighted by molar-refractivity contribution is 7.89. The highest BCUT2D eigenvalue weighted by atomic mass is 32.2. The van der Waals surface area contributed by atoms with Gasteiger partial charge in [0.15, 0.2) is 0 Å². The Labute approximate surface area is 155 Å². The normalized spacial score (nSPS) is 21.2. The van der Waals surface area contributed by atoms with Gasteiger partial charge in [0.1, 0.15) is 9.77 Å². The first-order valence-electron chi connectivity index (χ1n) is 8.11. The first-order valence-corrected chi connectivity index (χ1v) is 11.4. The second-order valence-electron chi connectivity index (χ2n) is 6.10. The van der Waals surface area contributed by atoms with Crippen LogP contribution in [0.2, 0.25) is 0 Å². The van der Waals surface area contributed by atoms with Gasteiger partial charge in [-0.15, -0.1) is 22.7 Å². The van der Waals surface area contributed by atoms with Crippen LogP contribution in [0.5, 0.6) is 0 Å². The molecule has 0 aromatic carbocycles. The Bertz CT molecular complexity index is 807. The van der Waals surface area contributed by atoms with E-state index in [0.717, 1.165) is 41.9 Å². The molecule has 0 aliphatic heterocycles. The predicted molar refractivity (Wildman–Crippen MR) is 100 cm³/mol. The van der Waals surface area contributed by atoms with Crippen LogP contribution in [0.4, 0.5) is 0 Å². The van der Waals surface area contributed by atoms with Crippen molar-refractivity contribution < 1.29 is 13.2 Å². The second-order valence-corrected chi connectivity index (χ2v) is 9.79. The molecule has 0 saturated heterocycles. The summed E-state index contributed by atoms with van der Waals surface area (Å²) in [5.41, 5.74) is 5.88. The van der Waals surface area contributed by atoms with Gasteiger partial charge in [-0.2, -0.15) is 0 Å². The molecule has 1 amide bonds. The van der Waals surface area contributed by atoms with E-state index in [-0.39, 0.29) is 34.3 Å². The Hall–Kier alpha value is -1.26. The summed E-state index contributed by atoms with van der Waals surface area (Å²) in [7, 11) is -3.73. The van der Waals surface area contributed by atoms with Crippen molar-refractivity contribution in [3.05, 3.63) is 38.7 Å². The third kappa shape index (κ3) is 4.68. The van der Waals surface area contributed by atoms with Crippen molar-refractivity contribution in [3.8, 4) is 0 Å². The second kappa shape index (κ2) is 7.96. The fourth-order valence-corrected chi connectivity index (χ4v) is 5.92. The fourth-order valence-electron chi connectivity index (χ4n) is 2.85. The third-order valence-corrected chi connectivity index (χ3v) is 7.61. The largest absolute Gasteiger partial charge is 0.349 e. The van der Waals surface area contributed by atoms with Crippen LogP contribution < -0.4 is 15.8 Å². The molecule has 2 aromatic rings. The molecule has 3 rings (SSSR count). The molecule has 0 radical (unpaired) electrons. The van der Waals surface area contributed by atoms with Gasteiger partial charge in [0, 0.05) is 23.5 Å². The maximum absolute atomic E-state index is 12.6. The van der Waals surface area contributed by atoms with Crippen molar-refractivity contribution in [3.63, 3.8) is 0 Å².